The summed E-state index contributed by atoms with van der Waals surface area (Å²) in [4.78, 5) is 22.2. The number of rotatable bonds is 6. The first kappa shape index (κ1) is 13.9. The minimum Gasteiger partial charge on any atom is -0.481 e. The van der Waals surface area contributed by atoms with Gasteiger partial charge < -0.3 is 10.4 Å². The maximum Gasteiger partial charge on any atom is 0.305 e. The fourth-order valence-electron chi connectivity index (χ4n) is 1.15. The predicted octanol–water partition coefficient (Wildman–Crippen LogP) is 1.65. The van der Waals surface area contributed by atoms with Crippen LogP contribution in [0, 0.1) is 11.8 Å². The average molecular weight is 215 g/mol. The number of aliphatic carboxylic acids is 1. The van der Waals surface area contributed by atoms with Crippen LogP contribution in [0.2, 0.25) is 0 Å². The highest BCUT2D eigenvalue weighted by Crippen LogP contribution is 2.08. The number of carboxylic acids is 1. The quantitative estimate of drug-likeness (QED) is 0.708. The van der Waals surface area contributed by atoms with E-state index in [9.17, 15) is 9.59 Å². The van der Waals surface area contributed by atoms with Crippen LogP contribution in [0.4, 0.5) is 0 Å². The van der Waals surface area contributed by atoms with E-state index >= 15 is 0 Å². The summed E-state index contributed by atoms with van der Waals surface area (Å²) >= 11 is 0. The molecule has 0 aliphatic heterocycles. The third-order valence-corrected chi connectivity index (χ3v) is 2.59. The van der Waals surface area contributed by atoms with E-state index in [0.29, 0.717) is 0 Å². The van der Waals surface area contributed by atoms with Crippen LogP contribution in [-0.4, -0.2) is 23.0 Å². The molecule has 0 radical (unpaired) electrons. The summed E-state index contributed by atoms with van der Waals surface area (Å²) in [6.45, 7) is 7.59. The maximum absolute atomic E-state index is 11.6. The highest BCUT2D eigenvalue weighted by Gasteiger charge is 2.21. The van der Waals surface area contributed by atoms with Crippen molar-refractivity contribution in [3.8, 4) is 0 Å². The summed E-state index contributed by atoms with van der Waals surface area (Å²) in [5.41, 5.74) is 0. The summed E-state index contributed by atoms with van der Waals surface area (Å²) in [6, 6.07) is -0.274. The molecule has 2 unspecified atom stereocenters. The Morgan fingerprint density at radius 2 is 1.80 bits per heavy atom. The molecular weight excluding hydrogens is 194 g/mol. The molecule has 0 aromatic heterocycles. The predicted molar refractivity (Wildman–Crippen MR) is 58.5 cm³/mol. The number of nitrogens with one attached hydrogen (secondary N) is 1. The molecule has 0 saturated heterocycles. The number of carboxylic acid groups (broad SMARTS) is 1. The summed E-state index contributed by atoms with van der Waals surface area (Å²) in [7, 11) is 0. The van der Waals surface area contributed by atoms with Gasteiger partial charge in [-0.25, -0.2) is 0 Å². The highest BCUT2D eigenvalue weighted by atomic mass is 16.4. The highest BCUT2D eigenvalue weighted by molar-refractivity contribution is 5.79. The van der Waals surface area contributed by atoms with Gasteiger partial charge >= 0.3 is 5.97 Å². The molecule has 0 aliphatic rings. The van der Waals surface area contributed by atoms with Crippen LogP contribution in [0.3, 0.4) is 0 Å². The lowest BCUT2D eigenvalue weighted by Crippen LogP contribution is -2.42. The minimum atomic E-state index is -0.877. The number of carbonyl (C=O) groups is 2. The Bertz CT molecular complexity index is 226. The van der Waals surface area contributed by atoms with Crippen LogP contribution in [0.1, 0.15) is 40.5 Å². The van der Waals surface area contributed by atoms with Crippen molar-refractivity contribution in [2.45, 2.75) is 46.6 Å². The summed E-state index contributed by atoms with van der Waals surface area (Å²) in [5.74, 6) is -0.857. The van der Waals surface area contributed by atoms with Crippen LogP contribution in [0.15, 0.2) is 0 Å². The number of amides is 1. The van der Waals surface area contributed by atoms with Gasteiger partial charge in [0, 0.05) is 12.0 Å². The molecule has 0 rings (SSSR count). The smallest absolute Gasteiger partial charge is 0.305 e. The lowest BCUT2D eigenvalue weighted by molar-refractivity contribution is -0.138. The van der Waals surface area contributed by atoms with Gasteiger partial charge in [0.1, 0.15) is 0 Å². The topological polar surface area (TPSA) is 66.4 Å². The molecule has 0 aromatic carbocycles. The van der Waals surface area contributed by atoms with Crippen molar-refractivity contribution in [3.05, 3.63) is 0 Å². The fourth-order valence-corrected chi connectivity index (χ4v) is 1.15. The first-order chi connectivity index (χ1) is 6.88. The molecule has 2 atom stereocenters. The normalized spacial score (nSPS) is 14.7. The van der Waals surface area contributed by atoms with Crippen LogP contribution in [0.5, 0.6) is 0 Å². The van der Waals surface area contributed by atoms with Crippen molar-refractivity contribution >= 4 is 11.9 Å². The monoisotopic (exact) mass is 215 g/mol. The lowest BCUT2D eigenvalue weighted by atomic mass is 9.99. The van der Waals surface area contributed by atoms with Crippen molar-refractivity contribution in [3.63, 3.8) is 0 Å². The van der Waals surface area contributed by atoms with Crippen LogP contribution in [-0.2, 0) is 9.59 Å². The van der Waals surface area contributed by atoms with Crippen LogP contribution < -0.4 is 5.32 Å². The van der Waals surface area contributed by atoms with E-state index in [4.69, 9.17) is 5.11 Å². The third-order valence-electron chi connectivity index (χ3n) is 2.59. The summed E-state index contributed by atoms with van der Waals surface area (Å²) in [5, 5.41) is 11.5. The van der Waals surface area contributed by atoms with E-state index in [0.717, 1.165) is 6.42 Å². The molecule has 0 heterocycles. The van der Waals surface area contributed by atoms with E-state index in [1.54, 1.807) is 0 Å². The van der Waals surface area contributed by atoms with E-state index < -0.39 is 5.97 Å². The zero-order chi connectivity index (χ0) is 12.0. The Labute approximate surface area is 91.1 Å². The third kappa shape index (κ3) is 5.40. The Morgan fingerprint density at radius 3 is 2.13 bits per heavy atom. The molecule has 0 saturated carbocycles. The molecule has 0 aliphatic carbocycles. The van der Waals surface area contributed by atoms with Gasteiger partial charge in [0.05, 0.1) is 6.42 Å². The molecule has 2 N–H and O–H groups in total. The molecule has 0 aromatic rings. The average Bonchev–Trinajstić information content (AvgIpc) is 2.14. The molecule has 0 bridgehead atoms. The minimum absolute atomic E-state index is 0.0140. The number of carbonyl (C=O) groups excluding carboxylic acids is 1. The van der Waals surface area contributed by atoms with Crippen LogP contribution >= 0.6 is 0 Å². The molecule has 0 fully saturated rings. The molecule has 4 heteroatoms. The lowest BCUT2D eigenvalue weighted by Gasteiger charge is -2.22. The van der Waals surface area contributed by atoms with E-state index in [1.165, 1.54) is 0 Å². The SMILES string of the molecule is CCC(C)C(=O)NC(CC(=O)O)C(C)C. The molecular formula is C11H21NO3. The summed E-state index contributed by atoms with van der Waals surface area (Å²) < 4.78 is 0. The second kappa shape index (κ2) is 6.43. The van der Waals surface area contributed by atoms with Crippen molar-refractivity contribution in [2.75, 3.05) is 0 Å². The molecule has 15 heavy (non-hydrogen) atoms. The fraction of sp³-hybridized carbons (Fsp3) is 0.818. The summed E-state index contributed by atoms with van der Waals surface area (Å²) in [6.07, 6.45) is 0.754. The van der Waals surface area contributed by atoms with E-state index in [1.807, 2.05) is 27.7 Å². The number of hydrogen-bond acceptors (Lipinski definition) is 2. The van der Waals surface area contributed by atoms with Gasteiger partial charge in [-0.05, 0) is 12.3 Å². The van der Waals surface area contributed by atoms with Gasteiger partial charge in [0.15, 0.2) is 0 Å². The van der Waals surface area contributed by atoms with Crippen molar-refractivity contribution in [1.82, 2.24) is 5.32 Å². The first-order valence-electron chi connectivity index (χ1n) is 5.40. The maximum atomic E-state index is 11.6. The molecule has 0 spiro atoms. The van der Waals surface area contributed by atoms with Gasteiger partial charge in [-0.15, -0.1) is 0 Å². The first-order valence-corrected chi connectivity index (χ1v) is 5.40. The Hall–Kier alpha value is -1.06. The standard InChI is InChI=1S/C11H21NO3/c1-5-8(4)11(15)12-9(7(2)3)6-10(13)14/h7-9H,5-6H2,1-4H3,(H,12,15)(H,13,14). The Kier molecular flexibility index (Phi) is 5.97. The molecule has 88 valence electrons. The van der Waals surface area contributed by atoms with Crippen molar-refractivity contribution < 1.29 is 14.7 Å². The number of hydrogen-bond donors (Lipinski definition) is 2. The van der Waals surface area contributed by atoms with Gasteiger partial charge in [-0.2, -0.15) is 0 Å². The van der Waals surface area contributed by atoms with Crippen LogP contribution in [0.25, 0.3) is 0 Å². The van der Waals surface area contributed by atoms with Crippen molar-refractivity contribution in [2.24, 2.45) is 11.8 Å². The molecule has 1 amide bonds. The van der Waals surface area contributed by atoms with Gasteiger partial charge in [-0.3, -0.25) is 9.59 Å². The van der Waals surface area contributed by atoms with Crippen molar-refractivity contribution in [1.29, 1.82) is 0 Å². The van der Waals surface area contributed by atoms with Gasteiger partial charge in [-0.1, -0.05) is 27.7 Å². The van der Waals surface area contributed by atoms with E-state index in [2.05, 4.69) is 5.32 Å². The van der Waals surface area contributed by atoms with E-state index in [-0.39, 0.29) is 30.2 Å². The second-order valence-corrected chi connectivity index (χ2v) is 4.27. The zero-order valence-corrected chi connectivity index (χ0v) is 9.91. The second-order valence-electron chi connectivity index (χ2n) is 4.27. The zero-order valence-electron chi connectivity index (χ0n) is 9.91. The van der Waals surface area contributed by atoms with Gasteiger partial charge in [0.2, 0.25) is 5.91 Å². The molecule has 4 nitrogen and oxygen atoms in total. The largest absolute Gasteiger partial charge is 0.481 e. The Balaban J connectivity index is 4.28. The van der Waals surface area contributed by atoms with Gasteiger partial charge in [0.25, 0.3) is 0 Å². The Morgan fingerprint density at radius 1 is 1.27 bits per heavy atom.